The summed E-state index contributed by atoms with van der Waals surface area (Å²) in [5.41, 5.74) is 1.02. The van der Waals surface area contributed by atoms with Crippen molar-refractivity contribution in [3.8, 4) is 5.75 Å². The average Bonchev–Trinajstić information content (AvgIpc) is 3.09. The quantitative estimate of drug-likeness (QED) is 0.889. The second kappa shape index (κ2) is 5.47. The number of carbonyl (C=O) groups excluding carboxylic acids is 1. The molecule has 3 rings (SSSR count). The zero-order chi connectivity index (χ0) is 14.8. The number of nitrogens with one attached hydrogen (secondary N) is 1. The maximum absolute atomic E-state index is 12.4. The van der Waals surface area contributed by atoms with Crippen LogP contribution in [0.3, 0.4) is 0 Å². The lowest BCUT2D eigenvalue weighted by molar-refractivity contribution is 0.207. The van der Waals surface area contributed by atoms with Gasteiger partial charge < -0.3 is 14.5 Å². The monoisotopic (exact) mass is 287 g/mol. The van der Waals surface area contributed by atoms with Crippen LogP contribution in [0.2, 0.25) is 0 Å². The highest BCUT2D eigenvalue weighted by Crippen LogP contribution is 2.33. The molecular weight excluding hydrogens is 270 g/mol. The van der Waals surface area contributed by atoms with Gasteiger partial charge in [0.2, 0.25) is 0 Å². The molecule has 1 unspecified atom stereocenters. The van der Waals surface area contributed by atoms with Crippen LogP contribution < -0.4 is 5.32 Å². The molecule has 6 heteroatoms. The number of hydrogen-bond acceptors (Lipinski definition) is 4. The van der Waals surface area contributed by atoms with Crippen molar-refractivity contribution < 1.29 is 14.4 Å². The number of nitrogens with zero attached hydrogens (tertiary/aromatic N) is 2. The maximum atomic E-state index is 12.4. The molecule has 0 bridgehead atoms. The fourth-order valence-electron chi connectivity index (χ4n) is 2.66. The third-order valence-corrected chi connectivity index (χ3v) is 3.65. The number of carbonyl (C=O) groups is 1. The Morgan fingerprint density at radius 1 is 1.43 bits per heavy atom. The van der Waals surface area contributed by atoms with Gasteiger partial charge in [-0.15, -0.1) is 0 Å². The summed E-state index contributed by atoms with van der Waals surface area (Å²) in [7, 11) is 0. The number of aromatic hydroxyl groups is 1. The average molecular weight is 287 g/mol. The van der Waals surface area contributed by atoms with E-state index in [2.05, 4.69) is 10.5 Å². The molecule has 1 saturated heterocycles. The number of aromatic nitrogens is 1. The Morgan fingerprint density at radius 2 is 2.19 bits per heavy atom. The van der Waals surface area contributed by atoms with Crippen molar-refractivity contribution in [3.05, 3.63) is 41.7 Å². The van der Waals surface area contributed by atoms with Crippen molar-refractivity contribution >= 4 is 11.8 Å². The Labute approximate surface area is 122 Å². The van der Waals surface area contributed by atoms with Crippen molar-refractivity contribution in [3.63, 3.8) is 0 Å². The van der Waals surface area contributed by atoms with E-state index in [1.54, 1.807) is 30.0 Å². The molecule has 0 saturated carbocycles. The first-order valence-corrected chi connectivity index (χ1v) is 6.93. The number of rotatable bonds is 2. The summed E-state index contributed by atoms with van der Waals surface area (Å²) in [4.78, 5) is 14.1. The molecule has 1 atom stereocenters. The van der Waals surface area contributed by atoms with E-state index in [4.69, 9.17) is 4.52 Å². The fourth-order valence-corrected chi connectivity index (χ4v) is 2.66. The topological polar surface area (TPSA) is 78.6 Å². The van der Waals surface area contributed by atoms with Gasteiger partial charge in [0.1, 0.15) is 11.5 Å². The van der Waals surface area contributed by atoms with Gasteiger partial charge in [0.25, 0.3) is 0 Å². The summed E-state index contributed by atoms with van der Waals surface area (Å²) in [6.45, 7) is 2.48. The smallest absolute Gasteiger partial charge is 0.323 e. The van der Waals surface area contributed by atoms with E-state index in [0.29, 0.717) is 18.1 Å². The minimum Gasteiger partial charge on any atom is -0.508 e. The summed E-state index contributed by atoms with van der Waals surface area (Å²) in [6, 6.07) is 8.52. The highest BCUT2D eigenvalue weighted by molar-refractivity contribution is 5.88. The zero-order valence-electron chi connectivity index (χ0n) is 11.7. The largest absolute Gasteiger partial charge is 0.508 e. The van der Waals surface area contributed by atoms with E-state index < -0.39 is 0 Å². The molecule has 21 heavy (non-hydrogen) atoms. The van der Waals surface area contributed by atoms with Crippen LogP contribution in [0, 0.1) is 6.92 Å². The van der Waals surface area contributed by atoms with Crippen molar-refractivity contribution in [2.24, 2.45) is 0 Å². The van der Waals surface area contributed by atoms with Crippen LogP contribution >= 0.6 is 0 Å². The van der Waals surface area contributed by atoms with E-state index in [9.17, 15) is 9.90 Å². The molecule has 2 aromatic rings. The molecule has 1 fully saturated rings. The van der Waals surface area contributed by atoms with Crippen LogP contribution in [0.4, 0.5) is 10.6 Å². The lowest BCUT2D eigenvalue weighted by Gasteiger charge is -2.24. The summed E-state index contributed by atoms with van der Waals surface area (Å²) < 4.78 is 4.94. The standard InChI is InChI=1S/C15H17N3O3/c1-10-9-14(17-21-10)16-15(20)18-8-2-3-13(18)11-4-6-12(19)7-5-11/h4-7,9,13,19H,2-3,8H2,1H3,(H,16,17,20). The van der Waals surface area contributed by atoms with Crippen LogP contribution in [0.15, 0.2) is 34.9 Å². The number of urea groups is 1. The Kier molecular flexibility index (Phi) is 3.51. The van der Waals surface area contributed by atoms with Gasteiger partial charge in [0.15, 0.2) is 5.82 Å². The molecule has 0 spiro atoms. The number of benzene rings is 1. The van der Waals surface area contributed by atoms with Gasteiger partial charge in [-0.25, -0.2) is 4.79 Å². The first-order valence-electron chi connectivity index (χ1n) is 6.93. The fraction of sp³-hybridized carbons (Fsp3) is 0.333. The van der Waals surface area contributed by atoms with Gasteiger partial charge in [-0.3, -0.25) is 5.32 Å². The number of phenolic OH excluding ortho intramolecular Hbond substituents is 1. The molecule has 0 aliphatic carbocycles. The number of hydrogen-bond donors (Lipinski definition) is 2. The third-order valence-electron chi connectivity index (χ3n) is 3.65. The van der Waals surface area contributed by atoms with E-state index in [-0.39, 0.29) is 17.8 Å². The lowest BCUT2D eigenvalue weighted by atomic mass is 10.0. The summed E-state index contributed by atoms with van der Waals surface area (Å²) in [6.07, 6.45) is 1.87. The van der Waals surface area contributed by atoms with Crippen molar-refractivity contribution in [1.29, 1.82) is 0 Å². The molecular formula is C15H17N3O3. The zero-order valence-corrected chi connectivity index (χ0v) is 11.7. The number of aryl methyl sites for hydroxylation is 1. The predicted molar refractivity (Wildman–Crippen MR) is 77.0 cm³/mol. The highest BCUT2D eigenvalue weighted by Gasteiger charge is 2.30. The minimum atomic E-state index is -0.182. The summed E-state index contributed by atoms with van der Waals surface area (Å²) >= 11 is 0. The molecule has 2 amide bonds. The molecule has 2 N–H and O–H groups in total. The normalized spacial score (nSPS) is 18.0. The molecule has 1 aliphatic rings. The van der Waals surface area contributed by atoms with Gasteiger partial charge in [0.05, 0.1) is 6.04 Å². The number of likely N-dealkylation sites (tertiary alicyclic amines) is 1. The SMILES string of the molecule is Cc1cc(NC(=O)N2CCCC2c2ccc(O)cc2)no1. The molecule has 110 valence electrons. The van der Waals surface area contributed by atoms with Gasteiger partial charge >= 0.3 is 6.03 Å². The molecule has 1 aromatic carbocycles. The number of anilines is 1. The van der Waals surface area contributed by atoms with Crippen molar-refractivity contribution in [2.45, 2.75) is 25.8 Å². The van der Waals surface area contributed by atoms with E-state index in [1.165, 1.54) is 0 Å². The Bertz CT molecular complexity index is 636. The first-order chi connectivity index (χ1) is 10.1. The van der Waals surface area contributed by atoms with E-state index >= 15 is 0 Å². The van der Waals surface area contributed by atoms with Crippen LogP contribution in [0.5, 0.6) is 5.75 Å². The Morgan fingerprint density at radius 3 is 2.86 bits per heavy atom. The molecule has 1 aromatic heterocycles. The maximum Gasteiger partial charge on any atom is 0.323 e. The van der Waals surface area contributed by atoms with Crippen LogP contribution in [0.1, 0.15) is 30.2 Å². The second-order valence-electron chi connectivity index (χ2n) is 5.20. The van der Waals surface area contributed by atoms with E-state index in [1.807, 2.05) is 12.1 Å². The highest BCUT2D eigenvalue weighted by atomic mass is 16.5. The van der Waals surface area contributed by atoms with Crippen LogP contribution in [-0.2, 0) is 0 Å². The van der Waals surface area contributed by atoms with Gasteiger partial charge in [0, 0.05) is 12.6 Å². The van der Waals surface area contributed by atoms with Gasteiger partial charge in [-0.05, 0) is 37.5 Å². The van der Waals surface area contributed by atoms with Crippen LogP contribution in [-0.4, -0.2) is 27.7 Å². The van der Waals surface area contributed by atoms with Gasteiger partial charge in [-0.1, -0.05) is 17.3 Å². The Hall–Kier alpha value is -2.50. The summed E-state index contributed by atoms with van der Waals surface area (Å²) in [5, 5.41) is 15.9. The Balaban J connectivity index is 1.74. The lowest BCUT2D eigenvalue weighted by Crippen LogP contribution is -2.34. The minimum absolute atomic E-state index is 0.0265. The second-order valence-corrected chi connectivity index (χ2v) is 5.20. The molecule has 1 aliphatic heterocycles. The van der Waals surface area contributed by atoms with Crippen molar-refractivity contribution in [2.75, 3.05) is 11.9 Å². The first kappa shape index (κ1) is 13.5. The molecule has 0 radical (unpaired) electrons. The molecule has 2 heterocycles. The number of amides is 2. The van der Waals surface area contributed by atoms with Crippen molar-refractivity contribution in [1.82, 2.24) is 10.1 Å². The van der Waals surface area contributed by atoms with E-state index in [0.717, 1.165) is 18.4 Å². The molecule has 6 nitrogen and oxygen atoms in total. The van der Waals surface area contributed by atoms with Crippen LogP contribution in [0.25, 0.3) is 0 Å². The van der Waals surface area contributed by atoms with Gasteiger partial charge in [-0.2, -0.15) is 0 Å². The number of phenols is 1. The predicted octanol–water partition coefficient (Wildman–Crippen LogP) is 3.06. The summed E-state index contributed by atoms with van der Waals surface area (Å²) in [5.74, 6) is 1.31. The third kappa shape index (κ3) is 2.84.